The first-order valence-corrected chi connectivity index (χ1v) is 8.79. The summed E-state index contributed by atoms with van der Waals surface area (Å²) in [6.07, 6.45) is -0.663. The molecular weight excluding hydrogens is 382 g/mol. The molecule has 1 unspecified atom stereocenters. The third-order valence-electron chi connectivity index (χ3n) is 4.96. The molecule has 2 aliphatic rings. The van der Waals surface area contributed by atoms with Crippen LogP contribution >= 0.6 is 0 Å². The maximum absolute atomic E-state index is 12.3. The maximum atomic E-state index is 12.3. The number of rotatable bonds is 5. The average molecular weight is 403 g/mol. The van der Waals surface area contributed by atoms with Crippen molar-refractivity contribution in [1.82, 2.24) is 5.32 Å². The van der Waals surface area contributed by atoms with Gasteiger partial charge in [-0.05, 0) is 29.8 Å². The summed E-state index contributed by atoms with van der Waals surface area (Å²) in [6, 6.07) is 7.08. The fraction of sp³-hybridized carbons (Fsp3) is 0.350. The smallest absolute Gasteiger partial charge is 0.409 e. The molecule has 29 heavy (non-hydrogen) atoms. The second kappa shape index (κ2) is 7.25. The number of benzene rings is 2. The monoisotopic (exact) mass is 403 g/mol. The number of carbonyl (C=O) groups is 1. The molecule has 1 amide bonds. The minimum Gasteiger partial charge on any atom is -0.493 e. The van der Waals surface area contributed by atoms with Crippen LogP contribution in [0.5, 0.6) is 28.7 Å². The molecule has 0 aliphatic carbocycles. The predicted molar refractivity (Wildman–Crippen MR) is 99.8 cm³/mol. The Morgan fingerprint density at radius 2 is 1.62 bits per heavy atom. The number of amides is 1. The minimum absolute atomic E-state index is 0.140. The highest BCUT2D eigenvalue weighted by molar-refractivity contribution is 5.71. The van der Waals surface area contributed by atoms with Gasteiger partial charge >= 0.3 is 6.09 Å². The van der Waals surface area contributed by atoms with Crippen molar-refractivity contribution >= 4 is 6.09 Å². The van der Waals surface area contributed by atoms with Crippen LogP contribution in [0.3, 0.4) is 0 Å². The van der Waals surface area contributed by atoms with Gasteiger partial charge in [0.05, 0.1) is 35.0 Å². The van der Waals surface area contributed by atoms with E-state index in [9.17, 15) is 4.79 Å². The summed E-state index contributed by atoms with van der Waals surface area (Å²) in [6.45, 7) is 0.382. The molecule has 2 aromatic carbocycles. The molecule has 0 saturated heterocycles. The van der Waals surface area contributed by atoms with Gasteiger partial charge in [0.25, 0.3) is 0 Å². The van der Waals surface area contributed by atoms with E-state index in [0.717, 1.165) is 5.56 Å². The van der Waals surface area contributed by atoms with Gasteiger partial charge in [0.15, 0.2) is 28.7 Å². The van der Waals surface area contributed by atoms with Crippen molar-refractivity contribution < 1.29 is 38.0 Å². The van der Waals surface area contributed by atoms with Gasteiger partial charge < -0.3 is 33.2 Å². The predicted octanol–water partition coefficient (Wildman–Crippen LogP) is 2.53. The SMILES string of the molecule is COC(=O)NC1(c2cc(OC)c(OC)c(OC)c2)OCc2cc3c(cc21)OCO3. The second-order valence-electron chi connectivity index (χ2n) is 6.36. The third kappa shape index (κ3) is 2.94. The molecule has 0 spiro atoms. The van der Waals surface area contributed by atoms with E-state index in [4.69, 9.17) is 33.2 Å². The molecule has 2 aliphatic heterocycles. The molecular formula is C20H21NO8. The second-order valence-corrected chi connectivity index (χ2v) is 6.36. The molecule has 1 atom stereocenters. The summed E-state index contributed by atoms with van der Waals surface area (Å²) < 4.78 is 38.3. The Balaban J connectivity index is 1.93. The first-order chi connectivity index (χ1) is 14.1. The van der Waals surface area contributed by atoms with Crippen LogP contribution in [0, 0.1) is 0 Å². The highest BCUT2D eigenvalue weighted by Crippen LogP contribution is 2.49. The number of methoxy groups -OCH3 is 4. The number of carbonyl (C=O) groups excluding carboxylic acids is 1. The molecule has 154 valence electrons. The molecule has 2 aromatic rings. The van der Waals surface area contributed by atoms with Crippen LogP contribution in [0.15, 0.2) is 24.3 Å². The summed E-state index contributed by atoms with van der Waals surface area (Å²) in [5, 5.41) is 2.81. The highest BCUT2D eigenvalue weighted by atomic mass is 16.7. The molecule has 0 radical (unpaired) electrons. The summed E-state index contributed by atoms with van der Waals surface area (Å²) in [4.78, 5) is 12.3. The molecule has 0 aromatic heterocycles. The van der Waals surface area contributed by atoms with E-state index in [1.54, 1.807) is 18.2 Å². The van der Waals surface area contributed by atoms with Gasteiger partial charge in [-0.15, -0.1) is 0 Å². The van der Waals surface area contributed by atoms with E-state index in [1.165, 1.54) is 28.4 Å². The quantitative estimate of drug-likeness (QED) is 0.814. The summed E-state index contributed by atoms with van der Waals surface area (Å²) in [5.41, 5.74) is 0.756. The Kier molecular flexibility index (Phi) is 4.75. The first-order valence-electron chi connectivity index (χ1n) is 8.79. The van der Waals surface area contributed by atoms with Gasteiger partial charge in [0.1, 0.15) is 0 Å². The Hall–Kier alpha value is -3.33. The lowest BCUT2D eigenvalue weighted by Gasteiger charge is -2.31. The van der Waals surface area contributed by atoms with Gasteiger partial charge in [-0.3, -0.25) is 5.32 Å². The maximum Gasteiger partial charge on any atom is 0.409 e. The van der Waals surface area contributed by atoms with Crippen LogP contribution in [0.2, 0.25) is 0 Å². The zero-order valence-electron chi connectivity index (χ0n) is 16.5. The van der Waals surface area contributed by atoms with Gasteiger partial charge in [-0.25, -0.2) is 4.79 Å². The van der Waals surface area contributed by atoms with Crippen molar-refractivity contribution in [3.63, 3.8) is 0 Å². The standard InChI is InChI=1S/C20H21NO8/c1-23-16-6-12(7-17(24-2)18(16)25-3)20(21-19(22)26-4)13-8-15-14(27-10-28-15)5-11(13)9-29-20/h5-8H,9-10H2,1-4H3,(H,21,22). The lowest BCUT2D eigenvalue weighted by molar-refractivity contribution is -0.0291. The third-order valence-corrected chi connectivity index (χ3v) is 4.96. The molecule has 9 heteroatoms. The summed E-state index contributed by atoms with van der Waals surface area (Å²) >= 11 is 0. The van der Waals surface area contributed by atoms with Crippen LogP contribution < -0.4 is 29.0 Å². The molecule has 0 bridgehead atoms. The number of hydrogen-bond acceptors (Lipinski definition) is 8. The Labute approximate surface area is 167 Å². The van der Waals surface area contributed by atoms with Crippen LogP contribution in [0.1, 0.15) is 16.7 Å². The van der Waals surface area contributed by atoms with Crippen molar-refractivity contribution in [3.8, 4) is 28.7 Å². The highest BCUT2D eigenvalue weighted by Gasteiger charge is 2.46. The van der Waals surface area contributed by atoms with Gasteiger partial charge in [0, 0.05) is 11.1 Å². The lowest BCUT2D eigenvalue weighted by Crippen LogP contribution is -2.46. The molecule has 2 heterocycles. The summed E-state index contributed by atoms with van der Waals surface area (Å²) in [5.74, 6) is 2.47. The van der Waals surface area contributed by atoms with Crippen LogP contribution in [0.4, 0.5) is 4.79 Å². The molecule has 4 rings (SSSR count). The summed E-state index contributed by atoms with van der Waals surface area (Å²) in [7, 11) is 5.84. The molecule has 9 nitrogen and oxygen atoms in total. The van der Waals surface area contributed by atoms with Gasteiger partial charge in [0.2, 0.25) is 12.5 Å². The average Bonchev–Trinajstić information content (AvgIpc) is 3.35. The lowest BCUT2D eigenvalue weighted by atomic mass is 9.92. The Bertz CT molecular complexity index is 935. The zero-order chi connectivity index (χ0) is 20.6. The van der Waals surface area contributed by atoms with Crippen molar-refractivity contribution in [3.05, 3.63) is 41.0 Å². The first kappa shape index (κ1) is 19.0. The van der Waals surface area contributed by atoms with E-state index >= 15 is 0 Å². The van der Waals surface area contributed by atoms with Crippen LogP contribution in [-0.2, 0) is 21.8 Å². The number of ether oxygens (including phenoxy) is 7. The van der Waals surface area contributed by atoms with E-state index in [1.807, 2.05) is 6.07 Å². The fourth-order valence-corrected chi connectivity index (χ4v) is 3.59. The zero-order valence-corrected chi connectivity index (χ0v) is 16.5. The van der Waals surface area contributed by atoms with Gasteiger partial charge in [-0.2, -0.15) is 0 Å². The molecule has 1 N–H and O–H groups in total. The topological polar surface area (TPSA) is 93.7 Å². The number of nitrogens with one attached hydrogen (secondary N) is 1. The Morgan fingerprint density at radius 1 is 0.966 bits per heavy atom. The van der Waals surface area contributed by atoms with Crippen molar-refractivity contribution in [2.24, 2.45) is 0 Å². The molecule has 0 fully saturated rings. The van der Waals surface area contributed by atoms with E-state index < -0.39 is 11.8 Å². The minimum atomic E-state index is -1.35. The van der Waals surface area contributed by atoms with Crippen LogP contribution in [0.25, 0.3) is 0 Å². The normalized spacial score (nSPS) is 18.8. The number of alkyl carbamates (subject to hydrolysis) is 1. The van der Waals surface area contributed by atoms with E-state index in [2.05, 4.69) is 5.32 Å². The number of hydrogen-bond donors (Lipinski definition) is 1. The van der Waals surface area contributed by atoms with Crippen molar-refractivity contribution in [2.75, 3.05) is 35.2 Å². The molecule has 0 saturated carbocycles. The largest absolute Gasteiger partial charge is 0.493 e. The van der Waals surface area contributed by atoms with Gasteiger partial charge in [-0.1, -0.05) is 0 Å². The number of fused-ring (bicyclic) bond motifs is 2. The Morgan fingerprint density at radius 3 is 2.21 bits per heavy atom. The van der Waals surface area contributed by atoms with Crippen LogP contribution in [-0.4, -0.2) is 41.3 Å². The fourth-order valence-electron chi connectivity index (χ4n) is 3.59. The van der Waals surface area contributed by atoms with E-state index in [0.29, 0.717) is 39.9 Å². The van der Waals surface area contributed by atoms with Crippen molar-refractivity contribution in [2.45, 2.75) is 12.3 Å². The van der Waals surface area contributed by atoms with Crippen molar-refractivity contribution in [1.29, 1.82) is 0 Å². The van der Waals surface area contributed by atoms with E-state index in [-0.39, 0.29) is 13.4 Å².